The maximum atomic E-state index is 12.0. The smallest absolute Gasteiger partial charge is 0.187 e. The third kappa shape index (κ3) is 13.9. The molecule has 4 aliphatic heterocycles. The molecule has 0 aromatic carbocycles. The minimum Gasteiger partial charge on any atom is -0.394 e. The molecule has 0 aromatic heterocycles. The third-order valence-corrected chi connectivity index (χ3v) is 10.4. The molecule has 25 nitrogen and oxygen atoms in total. The van der Waals surface area contributed by atoms with Crippen molar-refractivity contribution >= 4 is 5.78 Å². The second-order valence-electron chi connectivity index (χ2n) is 14.9. The van der Waals surface area contributed by atoms with Crippen molar-refractivity contribution in [2.45, 2.75) is 149 Å². The molecular formula is C36H64O25. The molecule has 4 saturated heterocycles. The molecule has 61 heavy (non-hydrogen) atoms. The average Bonchev–Trinajstić information content (AvgIpc) is 3.25. The van der Waals surface area contributed by atoms with Gasteiger partial charge in [-0.2, -0.15) is 0 Å². The Morgan fingerprint density at radius 3 is 1.44 bits per heavy atom. The number of carbonyl (C=O) groups is 1. The molecule has 0 spiro atoms. The Balaban J connectivity index is 1.42. The molecule has 0 aromatic rings. The van der Waals surface area contributed by atoms with Crippen LogP contribution in [0.25, 0.3) is 0 Å². The number of carbonyl (C=O) groups excluding carboxylic acids is 1. The van der Waals surface area contributed by atoms with Gasteiger partial charge in [0.2, 0.25) is 0 Å². The van der Waals surface area contributed by atoms with Gasteiger partial charge in [-0.3, -0.25) is 4.79 Å². The standard InChI is InChI=1S/C36H64O25/c1-2-5-51-7-8-53-15-16(41)4-3-6-52-9-10-54-33-29(50)30(24(45)20(14-40)55-33)59-35-32(27(48)23(44)18(12-38)57-35)61-36-31(26(47)22(43)19(13-39)58-36)60-34-28(49)25(46)21(42)17(11-37)56-34/h17-40,42-50H,2-15H2,1H3/t17?,18?,19?,20?,21-,22-,23-,24-,25+,26+,27+,28?,29?,30+,31?,32?,33+,34-,35-,36-/m1/s1. The monoisotopic (exact) mass is 896 g/mol. The first-order valence-corrected chi connectivity index (χ1v) is 20.2. The van der Waals surface area contributed by atoms with E-state index in [9.17, 15) is 71.2 Å². The molecule has 20 atom stereocenters. The van der Waals surface area contributed by atoms with Crippen molar-refractivity contribution in [1.29, 1.82) is 0 Å². The van der Waals surface area contributed by atoms with Crippen molar-refractivity contribution in [1.82, 2.24) is 0 Å². The van der Waals surface area contributed by atoms with Crippen LogP contribution in [-0.4, -0.2) is 268 Å². The van der Waals surface area contributed by atoms with Gasteiger partial charge in [0.1, 0.15) is 104 Å². The third-order valence-electron chi connectivity index (χ3n) is 10.4. The van der Waals surface area contributed by atoms with E-state index < -0.39 is 149 Å². The van der Waals surface area contributed by atoms with Gasteiger partial charge in [-0.25, -0.2) is 0 Å². The molecule has 0 amide bonds. The molecule has 0 saturated carbocycles. The largest absolute Gasteiger partial charge is 0.394 e. The van der Waals surface area contributed by atoms with Crippen LogP contribution in [0.2, 0.25) is 0 Å². The van der Waals surface area contributed by atoms with Crippen LogP contribution in [0.3, 0.4) is 0 Å². The van der Waals surface area contributed by atoms with Gasteiger partial charge in [0.25, 0.3) is 0 Å². The number of ether oxygens (including phenoxy) is 11. The molecule has 0 aliphatic carbocycles. The van der Waals surface area contributed by atoms with Crippen LogP contribution in [0.4, 0.5) is 0 Å². The highest BCUT2D eigenvalue weighted by atomic mass is 16.8. The van der Waals surface area contributed by atoms with Gasteiger partial charge in [0.15, 0.2) is 30.9 Å². The fourth-order valence-corrected chi connectivity index (χ4v) is 6.94. The zero-order valence-corrected chi connectivity index (χ0v) is 33.7. The molecular weight excluding hydrogens is 832 g/mol. The van der Waals surface area contributed by atoms with Crippen LogP contribution >= 0.6 is 0 Å². The van der Waals surface area contributed by atoms with Crippen LogP contribution in [0.15, 0.2) is 0 Å². The number of rotatable bonds is 25. The highest BCUT2D eigenvalue weighted by Gasteiger charge is 2.56. The Morgan fingerprint density at radius 2 is 0.885 bits per heavy atom. The number of aliphatic hydroxyl groups excluding tert-OH is 13. The van der Waals surface area contributed by atoms with Crippen molar-refractivity contribution in [3.8, 4) is 0 Å². The van der Waals surface area contributed by atoms with Crippen LogP contribution in [0, 0.1) is 0 Å². The first-order chi connectivity index (χ1) is 29.2. The summed E-state index contributed by atoms with van der Waals surface area (Å²) in [6.07, 6.45) is -35.0. The van der Waals surface area contributed by atoms with Crippen molar-refractivity contribution < 1.29 is 123 Å². The number of hydrogen-bond donors (Lipinski definition) is 13. The molecule has 4 heterocycles. The van der Waals surface area contributed by atoms with Crippen molar-refractivity contribution in [2.24, 2.45) is 0 Å². The molecule has 0 radical (unpaired) electrons. The summed E-state index contributed by atoms with van der Waals surface area (Å²) < 4.78 is 61.4. The first kappa shape index (κ1) is 52.3. The summed E-state index contributed by atoms with van der Waals surface area (Å²) in [6, 6.07) is 0. The lowest BCUT2D eigenvalue weighted by Gasteiger charge is -2.49. The van der Waals surface area contributed by atoms with Crippen molar-refractivity contribution in [2.75, 3.05) is 72.7 Å². The van der Waals surface area contributed by atoms with E-state index in [1.165, 1.54) is 0 Å². The van der Waals surface area contributed by atoms with Gasteiger partial charge in [0.05, 0.1) is 52.9 Å². The summed E-state index contributed by atoms with van der Waals surface area (Å²) in [4.78, 5) is 12.0. The highest BCUT2D eigenvalue weighted by Crippen LogP contribution is 2.35. The van der Waals surface area contributed by atoms with Gasteiger partial charge in [-0.05, 0) is 12.8 Å². The van der Waals surface area contributed by atoms with Gasteiger partial charge >= 0.3 is 0 Å². The lowest BCUT2D eigenvalue weighted by Crippen LogP contribution is -2.68. The van der Waals surface area contributed by atoms with Crippen LogP contribution < -0.4 is 0 Å². The first-order valence-electron chi connectivity index (χ1n) is 20.2. The van der Waals surface area contributed by atoms with Gasteiger partial charge in [-0.1, -0.05) is 6.92 Å². The minimum atomic E-state index is -2.05. The van der Waals surface area contributed by atoms with Gasteiger partial charge < -0.3 is 118 Å². The summed E-state index contributed by atoms with van der Waals surface area (Å²) in [6.45, 7) is -0.271. The lowest BCUT2D eigenvalue weighted by molar-refractivity contribution is -0.403. The summed E-state index contributed by atoms with van der Waals surface area (Å²) in [5, 5.41) is 137. The second-order valence-corrected chi connectivity index (χ2v) is 14.9. The van der Waals surface area contributed by atoms with Crippen LogP contribution in [0.1, 0.15) is 26.2 Å². The maximum absolute atomic E-state index is 12.0. The summed E-state index contributed by atoms with van der Waals surface area (Å²) >= 11 is 0. The van der Waals surface area contributed by atoms with E-state index in [0.29, 0.717) is 26.2 Å². The number of hydrogen-bond acceptors (Lipinski definition) is 25. The molecule has 13 N–H and O–H groups in total. The Hall–Kier alpha value is -1.29. The van der Waals surface area contributed by atoms with Gasteiger partial charge in [0, 0.05) is 19.6 Å². The maximum Gasteiger partial charge on any atom is 0.187 e. The topological polar surface area (TPSA) is 382 Å². The number of ketones is 1. The molecule has 0 bridgehead atoms. The molecule has 4 rings (SSSR count). The quantitative estimate of drug-likeness (QED) is 0.0379. The lowest BCUT2D eigenvalue weighted by atomic mass is 9.95. The Morgan fingerprint density at radius 1 is 0.443 bits per heavy atom. The molecule has 4 aliphatic rings. The predicted octanol–water partition coefficient (Wildman–Crippen LogP) is -7.92. The Labute approximate surface area is 350 Å². The average molecular weight is 897 g/mol. The summed E-state index contributed by atoms with van der Waals surface area (Å²) in [5.74, 6) is -0.117. The molecule has 358 valence electrons. The minimum absolute atomic E-state index is 0.0308. The fraction of sp³-hybridized carbons (Fsp3) is 0.972. The summed E-state index contributed by atoms with van der Waals surface area (Å²) in [5.41, 5.74) is 0. The van der Waals surface area contributed by atoms with Crippen molar-refractivity contribution in [3.05, 3.63) is 0 Å². The Kier molecular flexibility index (Phi) is 22.3. The summed E-state index contributed by atoms with van der Waals surface area (Å²) in [7, 11) is 0. The van der Waals surface area contributed by atoms with E-state index in [4.69, 9.17) is 52.1 Å². The normalized spacial score (nSPS) is 42.1. The van der Waals surface area contributed by atoms with E-state index in [1.807, 2.05) is 6.92 Å². The molecule has 4 fully saturated rings. The van der Waals surface area contributed by atoms with E-state index in [2.05, 4.69) is 0 Å². The fourth-order valence-electron chi connectivity index (χ4n) is 6.94. The van der Waals surface area contributed by atoms with Crippen LogP contribution in [-0.2, 0) is 56.9 Å². The number of aliphatic hydroxyl groups is 13. The van der Waals surface area contributed by atoms with E-state index in [0.717, 1.165) is 6.42 Å². The van der Waals surface area contributed by atoms with E-state index in [-0.39, 0.29) is 38.6 Å². The van der Waals surface area contributed by atoms with E-state index >= 15 is 0 Å². The molecule has 25 heteroatoms. The SMILES string of the molecule is CCCOCCOCC(=O)CCCOCCO[C@H]1OC(CO)[C@@H](O)[C@H](O[C@H]2OC(CO)[C@@H](O)[C@H](O)C2O[C@H]2OC(CO)[C@@H](O)[C@H](O)C2O[C@H]2OC(CO)[C@@H](O)[C@H](O)C2O)C1O. The van der Waals surface area contributed by atoms with E-state index in [1.54, 1.807) is 0 Å². The number of Topliss-reactive ketones (excluding diaryl/α,β-unsaturated/α-hetero) is 1. The van der Waals surface area contributed by atoms with Crippen LogP contribution in [0.5, 0.6) is 0 Å². The van der Waals surface area contributed by atoms with Crippen molar-refractivity contribution in [3.63, 3.8) is 0 Å². The van der Waals surface area contributed by atoms with Gasteiger partial charge in [-0.15, -0.1) is 0 Å². The highest BCUT2D eigenvalue weighted by molar-refractivity contribution is 5.79. The molecule has 8 unspecified atom stereocenters. The zero-order chi connectivity index (χ0) is 44.8. The Bertz CT molecular complexity index is 1240. The second kappa shape index (κ2) is 26.0. The predicted molar refractivity (Wildman–Crippen MR) is 195 cm³/mol. The zero-order valence-electron chi connectivity index (χ0n) is 33.7.